The Morgan fingerprint density at radius 1 is 0.857 bits per heavy atom. The van der Waals surface area contributed by atoms with Gasteiger partial charge in [-0.1, -0.05) is 24.3 Å². The molecule has 106 valence electrons. The number of rotatable bonds is 6. The van der Waals surface area contributed by atoms with Gasteiger partial charge in [0.05, 0.1) is 0 Å². The van der Waals surface area contributed by atoms with Gasteiger partial charge in [0, 0.05) is 5.56 Å². The molecule has 0 atom stereocenters. The summed E-state index contributed by atoms with van der Waals surface area (Å²) in [5, 5.41) is 7.53. The van der Waals surface area contributed by atoms with Gasteiger partial charge in [0.2, 0.25) is 12.3 Å². The second-order valence-corrected chi connectivity index (χ2v) is 4.28. The first kappa shape index (κ1) is 13.2. The molecule has 0 aliphatic heterocycles. The van der Waals surface area contributed by atoms with Crippen LogP contribution in [-0.4, -0.2) is 23.4 Å². The Hall–Kier alpha value is -2.82. The summed E-state index contributed by atoms with van der Waals surface area (Å²) >= 11 is 0. The van der Waals surface area contributed by atoms with Crippen molar-refractivity contribution in [1.29, 1.82) is 0 Å². The van der Waals surface area contributed by atoms with Crippen molar-refractivity contribution in [2.75, 3.05) is 13.2 Å². The monoisotopic (exact) mass is 282 g/mol. The van der Waals surface area contributed by atoms with E-state index in [0.717, 1.165) is 17.1 Å². The van der Waals surface area contributed by atoms with Crippen LogP contribution in [0.1, 0.15) is 0 Å². The fourth-order valence-corrected chi connectivity index (χ4v) is 1.85. The van der Waals surface area contributed by atoms with Crippen LogP contribution in [0.5, 0.6) is 11.5 Å². The van der Waals surface area contributed by atoms with Crippen molar-refractivity contribution in [3.8, 4) is 23.0 Å². The first-order valence-corrected chi connectivity index (χ1v) is 6.59. The molecule has 3 rings (SSSR count). The van der Waals surface area contributed by atoms with Crippen molar-refractivity contribution >= 4 is 0 Å². The van der Waals surface area contributed by atoms with E-state index in [9.17, 15) is 0 Å². The number of para-hydroxylation sites is 1. The maximum Gasteiger partial charge on any atom is 0.247 e. The fourth-order valence-electron chi connectivity index (χ4n) is 1.85. The Bertz CT molecular complexity index is 669. The number of nitrogens with zero attached hydrogens (tertiary/aromatic N) is 2. The van der Waals surface area contributed by atoms with E-state index in [0.29, 0.717) is 19.1 Å². The third-order valence-electron chi connectivity index (χ3n) is 2.81. The number of aromatic nitrogens is 2. The van der Waals surface area contributed by atoms with Crippen molar-refractivity contribution in [2.24, 2.45) is 0 Å². The highest BCUT2D eigenvalue weighted by Crippen LogP contribution is 2.21. The van der Waals surface area contributed by atoms with Crippen LogP contribution in [0.4, 0.5) is 0 Å². The van der Waals surface area contributed by atoms with Gasteiger partial charge in [0.25, 0.3) is 0 Å². The molecule has 5 nitrogen and oxygen atoms in total. The van der Waals surface area contributed by atoms with E-state index in [1.165, 1.54) is 6.39 Å². The number of benzene rings is 2. The van der Waals surface area contributed by atoms with Gasteiger partial charge in [-0.3, -0.25) is 0 Å². The Kier molecular flexibility index (Phi) is 4.12. The van der Waals surface area contributed by atoms with E-state index >= 15 is 0 Å². The summed E-state index contributed by atoms with van der Waals surface area (Å²) in [6.07, 6.45) is 1.30. The predicted molar refractivity (Wildman–Crippen MR) is 77.2 cm³/mol. The molecule has 0 aliphatic carbocycles. The Morgan fingerprint density at radius 2 is 1.62 bits per heavy atom. The van der Waals surface area contributed by atoms with E-state index in [1.807, 2.05) is 54.6 Å². The van der Waals surface area contributed by atoms with E-state index in [1.54, 1.807) is 0 Å². The third kappa shape index (κ3) is 3.60. The molecule has 0 bridgehead atoms. The average Bonchev–Trinajstić information content (AvgIpc) is 3.07. The zero-order valence-corrected chi connectivity index (χ0v) is 11.3. The van der Waals surface area contributed by atoms with E-state index in [4.69, 9.17) is 13.9 Å². The van der Waals surface area contributed by atoms with Crippen LogP contribution in [0, 0.1) is 0 Å². The molecule has 0 N–H and O–H groups in total. The molecule has 0 saturated carbocycles. The molecule has 0 aliphatic rings. The van der Waals surface area contributed by atoms with Crippen molar-refractivity contribution in [3.63, 3.8) is 0 Å². The molecule has 0 spiro atoms. The van der Waals surface area contributed by atoms with Crippen molar-refractivity contribution < 1.29 is 13.9 Å². The normalized spacial score (nSPS) is 10.3. The molecule has 0 saturated heterocycles. The van der Waals surface area contributed by atoms with Crippen LogP contribution in [-0.2, 0) is 0 Å². The van der Waals surface area contributed by atoms with Crippen molar-refractivity contribution in [1.82, 2.24) is 10.2 Å². The molecule has 21 heavy (non-hydrogen) atoms. The van der Waals surface area contributed by atoms with Gasteiger partial charge in [-0.2, -0.15) is 0 Å². The van der Waals surface area contributed by atoms with Crippen molar-refractivity contribution in [3.05, 3.63) is 61.0 Å². The lowest BCUT2D eigenvalue weighted by Crippen LogP contribution is -2.08. The molecular formula is C16H14N2O3. The lowest BCUT2D eigenvalue weighted by atomic mass is 10.2. The Morgan fingerprint density at radius 3 is 2.38 bits per heavy atom. The highest BCUT2D eigenvalue weighted by molar-refractivity contribution is 5.55. The minimum Gasteiger partial charge on any atom is -0.490 e. The topological polar surface area (TPSA) is 57.4 Å². The average molecular weight is 282 g/mol. The number of hydrogen-bond donors (Lipinski definition) is 0. The lowest BCUT2D eigenvalue weighted by molar-refractivity contribution is 0.217. The van der Waals surface area contributed by atoms with Gasteiger partial charge in [-0.25, -0.2) is 0 Å². The molecule has 1 heterocycles. The Balaban J connectivity index is 1.53. The molecule has 0 amide bonds. The summed E-state index contributed by atoms with van der Waals surface area (Å²) in [7, 11) is 0. The van der Waals surface area contributed by atoms with Crippen LogP contribution in [0.2, 0.25) is 0 Å². The van der Waals surface area contributed by atoms with Crippen LogP contribution < -0.4 is 9.47 Å². The lowest BCUT2D eigenvalue weighted by Gasteiger charge is -2.08. The van der Waals surface area contributed by atoms with E-state index < -0.39 is 0 Å². The number of hydrogen-bond acceptors (Lipinski definition) is 5. The second kappa shape index (κ2) is 6.56. The van der Waals surface area contributed by atoms with Crippen LogP contribution in [0.15, 0.2) is 65.4 Å². The van der Waals surface area contributed by atoms with Crippen LogP contribution in [0.25, 0.3) is 11.5 Å². The SMILES string of the molecule is c1ccc(OCCOc2cccc(-c3nnco3)c2)cc1. The molecule has 0 unspecified atom stereocenters. The van der Waals surface area contributed by atoms with Gasteiger partial charge in [-0.15, -0.1) is 10.2 Å². The molecule has 3 aromatic rings. The molecule has 0 fully saturated rings. The van der Waals surface area contributed by atoms with Crippen LogP contribution in [0.3, 0.4) is 0 Å². The van der Waals surface area contributed by atoms with Crippen LogP contribution >= 0.6 is 0 Å². The molecular weight excluding hydrogens is 268 g/mol. The fraction of sp³-hybridized carbons (Fsp3) is 0.125. The van der Waals surface area contributed by atoms with E-state index in [2.05, 4.69) is 10.2 Å². The zero-order chi connectivity index (χ0) is 14.3. The summed E-state index contributed by atoms with van der Waals surface area (Å²) in [6, 6.07) is 17.2. The summed E-state index contributed by atoms with van der Waals surface area (Å²) in [6.45, 7) is 0.941. The summed E-state index contributed by atoms with van der Waals surface area (Å²) in [4.78, 5) is 0. The maximum absolute atomic E-state index is 5.65. The van der Waals surface area contributed by atoms with Crippen molar-refractivity contribution in [2.45, 2.75) is 0 Å². The Labute approximate surface area is 122 Å². The quantitative estimate of drug-likeness (QED) is 0.650. The minimum atomic E-state index is 0.460. The standard InChI is InChI=1S/C16H14N2O3/c1-2-6-14(7-3-1)19-9-10-20-15-8-4-5-13(11-15)16-18-17-12-21-16/h1-8,11-12H,9-10H2. The molecule has 5 heteroatoms. The smallest absolute Gasteiger partial charge is 0.247 e. The van der Waals surface area contributed by atoms with Gasteiger partial charge in [0.15, 0.2) is 0 Å². The molecule has 1 aromatic heterocycles. The molecule has 0 radical (unpaired) electrons. The highest BCUT2D eigenvalue weighted by Gasteiger charge is 2.04. The zero-order valence-electron chi connectivity index (χ0n) is 11.3. The van der Waals surface area contributed by atoms with E-state index in [-0.39, 0.29) is 0 Å². The van der Waals surface area contributed by atoms with Gasteiger partial charge in [-0.05, 0) is 30.3 Å². The van der Waals surface area contributed by atoms with Gasteiger partial charge in [0.1, 0.15) is 24.7 Å². The van der Waals surface area contributed by atoms with Gasteiger partial charge < -0.3 is 13.9 Å². The number of ether oxygens (including phenoxy) is 2. The summed E-state index contributed by atoms with van der Waals surface area (Å²) in [5.41, 5.74) is 0.828. The van der Waals surface area contributed by atoms with Gasteiger partial charge >= 0.3 is 0 Å². The predicted octanol–water partition coefficient (Wildman–Crippen LogP) is 3.19. The largest absolute Gasteiger partial charge is 0.490 e. The maximum atomic E-state index is 5.65. The summed E-state index contributed by atoms with van der Waals surface area (Å²) in [5.74, 6) is 2.05. The first-order valence-electron chi connectivity index (χ1n) is 6.59. The first-order chi connectivity index (χ1) is 10.4. The summed E-state index contributed by atoms with van der Waals surface area (Å²) < 4.78 is 16.4. The molecule has 2 aromatic carbocycles. The minimum absolute atomic E-state index is 0.460. The highest BCUT2D eigenvalue weighted by atomic mass is 16.5. The second-order valence-electron chi connectivity index (χ2n) is 4.28. The third-order valence-corrected chi connectivity index (χ3v) is 2.81.